The Bertz CT molecular complexity index is 239. The summed E-state index contributed by atoms with van der Waals surface area (Å²) in [7, 11) is 0. The minimum Gasteiger partial charge on any atom is -0.379 e. The van der Waals surface area contributed by atoms with Crippen molar-refractivity contribution in [1.82, 2.24) is 9.80 Å². The summed E-state index contributed by atoms with van der Waals surface area (Å²) in [6.45, 7) is 11.6. The van der Waals surface area contributed by atoms with Crippen molar-refractivity contribution in [2.75, 3.05) is 59.2 Å². The van der Waals surface area contributed by atoms with Gasteiger partial charge in [0.25, 0.3) is 0 Å². The lowest BCUT2D eigenvalue weighted by atomic mass is 10.0. The maximum Gasteiger partial charge on any atom is 0.0594 e. The lowest BCUT2D eigenvalue weighted by molar-refractivity contribution is -0.0114. The fraction of sp³-hybridized carbons (Fsp3) is 1.00. The third-order valence-electron chi connectivity index (χ3n) is 4.53. The van der Waals surface area contributed by atoms with Crippen molar-refractivity contribution in [2.45, 2.75) is 45.1 Å². The van der Waals surface area contributed by atoms with Crippen LogP contribution in [0.4, 0.5) is 0 Å². The summed E-state index contributed by atoms with van der Waals surface area (Å²) in [4.78, 5) is 5.24. The summed E-state index contributed by atoms with van der Waals surface area (Å²) in [6, 6.07) is 0.717. The molecule has 1 atom stereocenters. The van der Waals surface area contributed by atoms with Gasteiger partial charge in [0, 0.05) is 38.8 Å². The Kier molecular flexibility index (Phi) is 7.88. The molecule has 2 aliphatic rings. The van der Waals surface area contributed by atoms with Gasteiger partial charge in [-0.25, -0.2) is 0 Å². The third kappa shape index (κ3) is 5.68. The quantitative estimate of drug-likeness (QED) is 0.636. The molecule has 2 saturated heterocycles. The lowest BCUT2D eigenvalue weighted by Crippen LogP contribution is -2.50. The zero-order chi connectivity index (χ0) is 14.0. The van der Waals surface area contributed by atoms with Crippen LogP contribution in [0.2, 0.25) is 0 Å². The first-order valence-electron chi connectivity index (χ1n) is 8.52. The second-order valence-electron chi connectivity index (χ2n) is 6.06. The Morgan fingerprint density at radius 3 is 2.15 bits per heavy atom. The number of unbranched alkanes of at least 4 members (excludes halogenated alkanes) is 3. The molecule has 0 amide bonds. The van der Waals surface area contributed by atoms with Crippen molar-refractivity contribution in [2.24, 2.45) is 0 Å². The summed E-state index contributed by atoms with van der Waals surface area (Å²) < 4.78 is 11.0. The van der Waals surface area contributed by atoms with E-state index in [1.54, 1.807) is 0 Å². The number of rotatable bonds is 8. The van der Waals surface area contributed by atoms with Crippen molar-refractivity contribution >= 4 is 0 Å². The van der Waals surface area contributed by atoms with Crippen molar-refractivity contribution in [3.8, 4) is 0 Å². The maximum atomic E-state index is 5.51. The zero-order valence-electron chi connectivity index (χ0n) is 13.2. The molecular formula is C16H32N2O2. The van der Waals surface area contributed by atoms with Gasteiger partial charge in [-0.05, 0) is 6.42 Å². The van der Waals surface area contributed by atoms with Crippen LogP contribution in [0.25, 0.3) is 0 Å². The topological polar surface area (TPSA) is 24.9 Å². The van der Waals surface area contributed by atoms with E-state index in [0.717, 1.165) is 52.6 Å². The molecule has 4 heteroatoms. The molecule has 118 valence electrons. The van der Waals surface area contributed by atoms with E-state index in [2.05, 4.69) is 16.7 Å². The summed E-state index contributed by atoms with van der Waals surface area (Å²) in [5.74, 6) is 0. The van der Waals surface area contributed by atoms with Crippen molar-refractivity contribution in [1.29, 1.82) is 0 Å². The SMILES string of the molecule is CCCCCC[C@H](CN1CCOCC1)N1CCOCC1. The van der Waals surface area contributed by atoms with E-state index in [0.29, 0.717) is 6.04 Å². The van der Waals surface area contributed by atoms with Crippen molar-refractivity contribution in [3.05, 3.63) is 0 Å². The van der Waals surface area contributed by atoms with Crippen LogP contribution in [0.15, 0.2) is 0 Å². The molecule has 20 heavy (non-hydrogen) atoms. The maximum absolute atomic E-state index is 5.51. The van der Waals surface area contributed by atoms with Gasteiger partial charge in [-0.2, -0.15) is 0 Å². The molecule has 0 bridgehead atoms. The van der Waals surface area contributed by atoms with E-state index in [1.807, 2.05) is 0 Å². The molecule has 0 aromatic carbocycles. The smallest absolute Gasteiger partial charge is 0.0594 e. The number of morpholine rings is 2. The second-order valence-corrected chi connectivity index (χ2v) is 6.06. The summed E-state index contributed by atoms with van der Waals surface area (Å²) >= 11 is 0. The van der Waals surface area contributed by atoms with Gasteiger partial charge in [-0.3, -0.25) is 9.80 Å². The fourth-order valence-corrected chi connectivity index (χ4v) is 3.22. The van der Waals surface area contributed by atoms with E-state index in [1.165, 1.54) is 38.6 Å². The van der Waals surface area contributed by atoms with E-state index >= 15 is 0 Å². The van der Waals surface area contributed by atoms with Crippen LogP contribution in [-0.4, -0.2) is 75.0 Å². The van der Waals surface area contributed by atoms with Gasteiger partial charge >= 0.3 is 0 Å². The average molecular weight is 284 g/mol. The van der Waals surface area contributed by atoms with Crippen LogP contribution in [0.5, 0.6) is 0 Å². The average Bonchev–Trinajstić information content (AvgIpc) is 2.52. The summed E-state index contributed by atoms with van der Waals surface area (Å²) in [6.07, 6.45) is 6.82. The standard InChI is InChI=1S/C16H32N2O2/c1-2-3-4-5-6-16(18-9-13-20-14-10-18)15-17-7-11-19-12-8-17/h16H,2-15H2,1H3/t16-/m1/s1. The predicted octanol–water partition coefficient (Wildman–Crippen LogP) is 1.99. The lowest BCUT2D eigenvalue weighted by Gasteiger charge is -2.38. The Balaban J connectivity index is 1.77. The highest BCUT2D eigenvalue weighted by molar-refractivity contribution is 4.78. The summed E-state index contributed by atoms with van der Waals surface area (Å²) in [5, 5.41) is 0. The van der Waals surface area contributed by atoms with E-state index in [4.69, 9.17) is 9.47 Å². The fourth-order valence-electron chi connectivity index (χ4n) is 3.22. The number of nitrogens with zero attached hydrogens (tertiary/aromatic N) is 2. The highest BCUT2D eigenvalue weighted by Crippen LogP contribution is 2.15. The minimum atomic E-state index is 0.717. The summed E-state index contributed by atoms with van der Waals surface area (Å²) in [5.41, 5.74) is 0. The monoisotopic (exact) mass is 284 g/mol. The van der Waals surface area contributed by atoms with Crippen LogP contribution in [0, 0.1) is 0 Å². The molecule has 0 radical (unpaired) electrons. The van der Waals surface area contributed by atoms with E-state index in [9.17, 15) is 0 Å². The first-order valence-corrected chi connectivity index (χ1v) is 8.52. The van der Waals surface area contributed by atoms with Crippen molar-refractivity contribution in [3.63, 3.8) is 0 Å². The molecule has 0 aromatic heterocycles. The van der Waals surface area contributed by atoms with Crippen LogP contribution < -0.4 is 0 Å². The van der Waals surface area contributed by atoms with E-state index in [-0.39, 0.29) is 0 Å². The molecule has 2 fully saturated rings. The van der Waals surface area contributed by atoms with Crippen LogP contribution >= 0.6 is 0 Å². The predicted molar refractivity (Wildman–Crippen MR) is 82.2 cm³/mol. The number of ether oxygens (including phenoxy) is 2. The largest absolute Gasteiger partial charge is 0.379 e. The van der Waals surface area contributed by atoms with E-state index < -0.39 is 0 Å². The van der Waals surface area contributed by atoms with Crippen LogP contribution in [0.3, 0.4) is 0 Å². The molecule has 2 rings (SSSR count). The van der Waals surface area contributed by atoms with Gasteiger partial charge in [0.1, 0.15) is 0 Å². The highest BCUT2D eigenvalue weighted by atomic mass is 16.5. The molecule has 2 heterocycles. The minimum absolute atomic E-state index is 0.717. The van der Waals surface area contributed by atoms with Gasteiger partial charge in [-0.1, -0.05) is 32.6 Å². The first kappa shape index (κ1) is 16.2. The Morgan fingerprint density at radius 2 is 1.50 bits per heavy atom. The van der Waals surface area contributed by atoms with Gasteiger partial charge in [0.2, 0.25) is 0 Å². The molecule has 4 nitrogen and oxygen atoms in total. The molecule has 0 unspecified atom stereocenters. The molecule has 0 spiro atoms. The molecular weight excluding hydrogens is 252 g/mol. The van der Waals surface area contributed by atoms with Crippen LogP contribution in [-0.2, 0) is 9.47 Å². The van der Waals surface area contributed by atoms with Crippen LogP contribution in [0.1, 0.15) is 39.0 Å². The third-order valence-corrected chi connectivity index (χ3v) is 4.53. The molecule has 0 aliphatic carbocycles. The molecule has 0 aromatic rings. The Hall–Kier alpha value is -0.160. The normalized spacial score (nSPS) is 23.9. The molecule has 2 aliphatic heterocycles. The van der Waals surface area contributed by atoms with Gasteiger partial charge in [-0.15, -0.1) is 0 Å². The van der Waals surface area contributed by atoms with Gasteiger partial charge in [0.05, 0.1) is 26.4 Å². The molecule has 0 N–H and O–H groups in total. The molecule has 0 saturated carbocycles. The van der Waals surface area contributed by atoms with Gasteiger partial charge < -0.3 is 9.47 Å². The number of hydrogen-bond donors (Lipinski definition) is 0. The highest BCUT2D eigenvalue weighted by Gasteiger charge is 2.23. The van der Waals surface area contributed by atoms with Gasteiger partial charge in [0.15, 0.2) is 0 Å². The second kappa shape index (κ2) is 9.72. The number of hydrogen-bond acceptors (Lipinski definition) is 4. The Morgan fingerprint density at radius 1 is 0.850 bits per heavy atom. The first-order chi connectivity index (χ1) is 9.90. The van der Waals surface area contributed by atoms with Crippen molar-refractivity contribution < 1.29 is 9.47 Å². The zero-order valence-corrected chi connectivity index (χ0v) is 13.2. The Labute approximate surface area is 124 Å².